The van der Waals surface area contributed by atoms with Crippen molar-refractivity contribution in [2.24, 2.45) is 0 Å². The maximum Gasteiger partial charge on any atom is 0.258 e. The topological polar surface area (TPSA) is 59.8 Å². The van der Waals surface area contributed by atoms with Gasteiger partial charge in [-0.15, -0.1) is 0 Å². The third-order valence-electron chi connectivity index (χ3n) is 2.90. The molecule has 2 rings (SSSR count). The summed E-state index contributed by atoms with van der Waals surface area (Å²) >= 11 is 0. The first-order valence-electron chi connectivity index (χ1n) is 6.36. The van der Waals surface area contributed by atoms with Crippen molar-refractivity contribution in [3.63, 3.8) is 0 Å². The molecule has 0 bridgehead atoms. The molecule has 2 aromatic rings. The van der Waals surface area contributed by atoms with Gasteiger partial charge in [0.15, 0.2) is 13.7 Å². The minimum absolute atomic E-state index is 0.0525. The molecule has 0 saturated heterocycles. The first kappa shape index (κ1) is 14.2. The van der Waals surface area contributed by atoms with Crippen molar-refractivity contribution >= 4 is 19.2 Å². The van der Waals surface area contributed by atoms with Crippen LogP contribution in [0.3, 0.4) is 0 Å². The highest BCUT2D eigenvalue weighted by atomic mass is 16.5. The molecule has 1 amide bonds. The van der Waals surface area contributed by atoms with Crippen LogP contribution in [0.5, 0.6) is 5.75 Å². The lowest BCUT2D eigenvalue weighted by Crippen LogP contribution is -2.23. The zero-order valence-electron chi connectivity index (χ0n) is 11.3. The highest BCUT2D eigenvalue weighted by Crippen LogP contribution is 2.12. The SMILES string of the molecule is [B]C(=O)NCCCOc1ccc2ccc(C)c(=O)n2c1. The Morgan fingerprint density at radius 2 is 2.10 bits per heavy atom. The van der Waals surface area contributed by atoms with Crippen LogP contribution in [0.1, 0.15) is 12.0 Å². The molecule has 0 aliphatic carbocycles. The summed E-state index contributed by atoms with van der Waals surface area (Å²) in [5.74, 6) is 0.0713. The van der Waals surface area contributed by atoms with Crippen LogP contribution in [-0.2, 0) is 0 Å². The Morgan fingerprint density at radius 1 is 1.35 bits per heavy atom. The molecule has 2 aromatic heterocycles. The van der Waals surface area contributed by atoms with Gasteiger partial charge < -0.3 is 10.1 Å². The number of aryl methyl sites for hydroxylation is 1. The zero-order valence-corrected chi connectivity index (χ0v) is 11.3. The van der Waals surface area contributed by atoms with Gasteiger partial charge >= 0.3 is 0 Å². The highest BCUT2D eigenvalue weighted by molar-refractivity contribution is 6.57. The van der Waals surface area contributed by atoms with Gasteiger partial charge in [-0.2, -0.15) is 0 Å². The molecule has 20 heavy (non-hydrogen) atoms. The second-order valence-electron chi connectivity index (χ2n) is 4.47. The maximum atomic E-state index is 12.0. The molecule has 0 fully saturated rings. The Balaban J connectivity index is 2.03. The van der Waals surface area contributed by atoms with Gasteiger partial charge in [-0.3, -0.25) is 14.0 Å². The van der Waals surface area contributed by atoms with E-state index in [0.717, 1.165) is 5.52 Å². The fourth-order valence-corrected chi connectivity index (χ4v) is 1.84. The summed E-state index contributed by atoms with van der Waals surface area (Å²) in [5, 5.41) is 2.48. The number of amides is 1. The van der Waals surface area contributed by atoms with Gasteiger partial charge in [0.25, 0.3) is 5.56 Å². The van der Waals surface area contributed by atoms with Gasteiger partial charge in [-0.25, -0.2) is 0 Å². The number of pyridine rings is 2. The van der Waals surface area contributed by atoms with Gasteiger partial charge in [-0.05, 0) is 31.5 Å². The Hall–Kier alpha value is -2.24. The van der Waals surface area contributed by atoms with Crippen LogP contribution in [0.15, 0.2) is 35.3 Å². The molecule has 0 aliphatic rings. The first-order valence-corrected chi connectivity index (χ1v) is 6.36. The van der Waals surface area contributed by atoms with Crippen LogP contribution in [-0.4, -0.2) is 31.2 Å². The van der Waals surface area contributed by atoms with Crippen molar-refractivity contribution in [1.29, 1.82) is 0 Å². The first-order chi connectivity index (χ1) is 9.58. The van der Waals surface area contributed by atoms with Crippen LogP contribution < -0.4 is 15.6 Å². The van der Waals surface area contributed by atoms with E-state index in [1.54, 1.807) is 23.6 Å². The lowest BCUT2D eigenvalue weighted by molar-refractivity contribution is 0.257. The molecule has 0 aromatic carbocycles. The van der Waals surface area contributed by atoms with Gasteiger partial charge in [-0.1, -0.05) is 6.07 Å². The van der Waals surface area contributed by atoms with Crippen LogP contribution in [0.4, 0.5) is 4.79 Å². The average Bonchev–Trinajstić information content (AvgIpc) is 2.42. The summed E-state index contributed by atoms with van der Waals surface area (Å²) in [5.41, 5.74) is 1.46. The predicted octanol–water partition coefficient (Wildman–Crippen LogP) is 1.25. The molecule has 0 saturated carbocycles. The van der Waals surface area contributed by atoms with Crippen LogP contribution in [0, 0.1) is 6.92 Å². The minimum Gasteiger partial charge on any atom is -0.492 e. The third kappa shape index (κ3) is 3.41. The molecular formula is C14H15BN2O3. The number of nitrogens with zero attached hydrogens (tertiary/aromatic N) is 1. The van der Waals surface area contributed by atoms with E-state index in [4.69, 9.17) is 12.6 Å². The number of hydrogen-bond acceptors (Lipinski definition) is 3. The van der Waals surface area contributed by atoms with E-state index >= 15 is 0 Å². The van der Waals surface area contributed by atoms with Crippen molar-refractivity contribution in [3.05, 3.63) is 46.4 Å². The molecule has 0 atom stereocenters. The van der Waals surface area contributed by atoms with Crippen LogP contribution >= 0.6 is 0 Å². The highest BCUT2D eigenvalue weighted by Gasteiger charge is 2.01. The normalized spacial score (nSPS) is 10.4. The Bertz CT molecular complexity index is 682. The number of carbonyl (C=O) groups excluding carboxylic acids is 1. The van der Waals surface area contributed by atoms with E-state index in [1.807, 2.05) is 18.2 Å². The van der Waals surface area contributed by atoms with Gasteiger partial charge in [0, 0.05) is 17.6 Å². The second kappa shape index (κ2) is 6.28. The summed E-state index contributed by atoms with van der Waals surface area (Å²) in [7, 11) is 4.95. The number of ether oxygens (including phenoxy) is 1. The maximum absolute atomic E-state index is 12.0. The number of rotatable bonds is 5. The summed E-state index contributed by atoms with van der Waals surface area (Å²) < 4.78 is 7.10. The molecule has 0 unspecified atom stereocenters. The average molecular weight is 270 g/mol. The van der Waals surface area contributed by atoms with Crippen molar-refractivity contribution in [1.82, 2.24) is 9.72 Å². The van der Waals surface area contributed by atoms with Crippen molar-refractivity contribution in [3.8, 4) is 5.75 Å². The van der Waals surface area contributed by atoms with E-state index in [1.165, 1.54) is 0 Å². The fraction of sp³-hybridized carbons (Fsp3) is 0.286. The molecule has 6 heteroatoms. The van der Waals surface area contributed by atoms with E-state index in [0.29, 0.717) is 30.9 Å². The number of nitrogens with one attached hydrogen (secondary N) is 1. The van der Waals surface area contributed by atoms with Gasteiger partial charge in [0.2, 0.25) is 0 Å². The number of fused-ring (bicyclic) bond motifs is 1. The lowest BCUT2D eigenvalue weighted by atomic mass is 10.1. The molecule has 0 aliphatic heterocycles. The van der Waals surface area contributed by atoms with Crippen molar-refractivity contribution in [2.45, 2.75) is 13.3 Å². The quantitative estimate of drug-likeness (QED) is 0.657. The lowest BCUT2D eigenvalue weighted by Gasteiger charge is -2.08. The summed E-state index contributed by atoms with van der Waals surface area (Å²) in [6.07, 6.45) is 2.32. The molecule has 2 heterocycles. The third-order valence-corrected chi connectivity index (χ3v) is 2.90. The van der Waals surface area contributed by atoms with Gasteiger partial charge in [0.05, 0.1) is 12.8 Å². The predicted molar refractivity (Wildman–Crippen MR) is 77.7 cm³/mol. The van der Waals surface area contributed by atoms with Crippen LogP contribution in [0.25, 0.3) is 5.52 Å². The summed E-state index contributed by atoms with van der Waals surface area (Å²) in [4.78, 5) is 22.5. The number of hydrogen-bond donors (Lipinski definition) is 1. The Morgan fingerprint density at radius 3 is 2.85 bits per heavy atom. The van der Waals surface area contributed by atoms with Crippen molar-refractivity contribution in [2.75, 3.05) is 13.2 Å². The molecule has 0 spiro atoms. The largest absolute Gasteiger partial charge is 0.492 e. The molecule has 5 nitrogen and oxygen atoms in total. The van der Waals surface area contributed by atoms with E-state index in [9.17, 15) is 9.59 Å². The Labute approximate surface area is 118 Å². The van der Waals surface area contributed by atoms with E-state index in [-0.39, 0.29) is 5.56 Å². The standard InChI is InChI=1S/C14H15BN2O3/c1-10-3-4-11-5-6-12(9-17(11)13(10)18)20-8-2-7-16-14(15)19/h3-6,9H,2,7-8H2,1H3,(H,16,19). The van der Waals surface area contributed by atoms with Crippen molar-refractivity contribution < 1.29 is 9.53 Å². The fourth-order valence-electron chi connectivity index (χ4n) is 1.84. The molecule has 102 valence electrons. The van der Waals surface area contributed by atoms with Crippen LogP contribution in [0.2, 0.25) is 0 Å². The number of carbonyl (C=O) groups is 1. The molecular weight excluding hydrogens is 255 g/mol. The van der Waals surface area contributed by atoms with Gasteiger partial charge in [0.1, 0.15) is 5.75 Å². The molecule has 2 radical (unpaired) electrons. The Kier molecular flexibility index (Phi) is 4.45. The van der Waals surface area contributed by atoms with E-state index in [2.05, 4.69) is 5.32 Å². The summed E-state index contributed by atoms with van der Waals surface area (Å²) in [6.45, 7) is 2.67. The minimum atomic E-state index is -0.544. The zero-order chi connectivity index (χ0) is 14.5. The summed E-state index contributed by atoms with van der Waals surface area (Å²) in [6, 6.07) is 7.33. The monoisotopic (exact) mass is 270 g/mol. The smallest absolute Gasteiger partial charge is 0.258 e. The number of aromatic nitrogens is 1. The van der Waals surface area contributed by atoms with E-state index < -0.39 is 5.81 Å². The second-order valence-corrected chi connectivity index (χ2v) is 4.47. The molecule has 1 N–H and O–H groups in total.